The molecule has 0 bridgehead atoms. The van der Waals surface area contributed by atoms with Crippen LogP contribution < -0.4 is 10.2 Å². The van der Waals surface area contributed by atoms with Gasteiger partial charge in [0.15, 0.2) is 5.16 Å². The third kappa shape index (κ3) is 3.57. The lowest BCUT2D eigenvalue weighted by atomic mass is 10.3. The molecule has 0 atom stereocenters. The van der Waals surface area contributed by atoms with Crippen LogP contribution in [0.2, 0.25) is 0 Å². The molecule has 0 saturated heterocycles. The maximum absolute atomic E-state index is 4.74. The van der Waals surface area contributed by atoms with Crippen LogP contribution >= 0.6 is 11.8 Å². The van der Waals surface area contributed by atoms with Crippen LogP contribution in [0.4, 0.5) is 11.6 Å². The van der Waals surface area contributed by atoms with E-state index in [0.29, 0.717) is 0 Å². The Bertz CT molecular complexity index is 457. The number of anilines is 2. The number of thioether (sulfide) groups is 1. The molecule has 0 unspecified atom stereocenters. The maximum Gasteiger partial charge on any atom is 0.191 e. The van der Waals surface area contributed by atoms with Gasteiger partial charge in [-0.05, 0) is 44.3 Å². The molecule has 0 aliphatic heterocycles. The molecule has 5 heteroatoms. The zero-order valence-corrected chi connectivity index (χ0v) is 13.2. The number of nitrogens with zero attached hydrogens (tertiary/aromatic N) is 3. The van der Waals surface area contributed by atoms with Gasteiger partial charge in [-0.1, -0.05) is 18.7 Å². The summed E-state index contributed by atoms with van der Waals surface area (Å²) >= 11 is 1.63. The van der Waals surface area contributed by atoms with Gasteiger partial charge in [0.05, 0.1) is 0 Å². The molecule has 1 heterocycles. The Morgan fingerprint density at radius 1 is 1.30 bits per heavy atom. The van der Waals surface area contributed by atoms with Crippen molar-refractivity contribution >= 4 is 23.4 Å². The van der Waals surface area contributed by atoms with Gasteiger partial charge >= 0.3 is 0 Å². The molecule has 2 fully saturated rings. The van der Waals surface area contributed by atoms with Crippen LogP contribution in [-0.4, -0.2) is 35.4 Å². The zero-order chi connectivity index (χ0) is 13.9. The molecule has 110 valence electrons. The van der Waals surface area contributed by atoms with Crippen LogP contribution in [0, 0.1) is 5.92 Å². The van der Waals surface area contributed by atoms with Crippen molar-refractivity contribution in [2.45, 2.75) is 50.2 Å². The lowest BCUT2D eigenvalue weighted by Gasteiger charge is -2.24. The Hall–Kier alpha value is -0.970. The van der Waals surface area contributed by atoms with Gasteiger partial charge in [0.25, 0.3) is 0 Å². The van der Waals surface area contributed by atoms with E-state index in [9.17, 15) is 0 Å². The molecule has 0 spiro atoms. The van der Waals surface area contributed by atoms with Gasteiger partial charge in [-0.15, -0.1) is 0 Å². The zero-order valence-electron chi connectivity index (χ0n) is 12.4. The first-order chi connectivity index (χ1) is 9.80. The molecule has 3 rings (SSSR count). The molecule has 2 aliphatic carbocycles. The quantitative estimate of drug-likeness (QED) is 0.587. The summed E-state index contributed by atoms with van der Waals surface area (Å²) in [6.45, 7) is 4.33. The molecule has 20 heavy (non-hydrogen) atoms. The number of rotatable bonds is 8. The van der Waals surface area contributed by atoms with E-state index in [4.69, 9.17) is 4.98 Å². The lowest BCUT2D eigenvalue weighted by molar-refractivity contribution is 0.701. The monoisotopic (exact) mass is 292 g/mol. The van der Waals surface area contributed by atoms with Gasteiger partial charge in [0.2, 0.25) is 0 Å². The summed E-state index contributed by atoms with van der Waals surface area (Å²) in [4.78, 5) is 11.8. The van der Waals surface area contributed by atoms with Crippen molar-refractivity contribution in [3.8, 4) is 0 Å². The van der Waals surface area contributed by atoms with Crippen molar-refractivity contribution < 1.29 is 0 Å². The van der Waals surface area contributed by atoms with E-state index >= 15 is 0 Å². The number of aromatic nitrogens is 2. The minimum Gasteiger partial charge on any atom is -0.370 e. The Kier molecular flexibility index (Phi) is 4.34. The lowest BCUT2D eigenvalue weighted by Crippen LogP contribution is -2.29. The highest BCUT2D eigenvalue weighted by Crippen LogP contribution is 2.37. The van der Waals surface area contributed by atoms with Crippen LogP contribution in [0.5, 0.6) is 0 Å². The molecule has 0 radical (unpaired) electrons. The molecule has 4 nitrogen and oxygen atoms in total. The fourth-order valence-corrected chi connectivity index (χ4v) is 2.76. The van der Waals surface area contributed by atoms with Gasteiger partial charge in [-0.2, -0.15) is 0 Å². The van der Waals surface area contributed by atoms with Crippen LogP contribution in [0.3, 0.4) is 0 Å². The average molecular weight is 292 g/mol. The van der Waals surface area contributed by atoms with Crippen molar-refractivity contribution in [3.63, 3.8) is 0 Å². The van der Waals surface area contributed by atoms with Gasteiger partial charge in [-0.3, -0.25) is 0 Å². The summed E-state index contributed by atoms with van der Waals surface area (Å²) in [5, 5.41) is 4.28. The smallest absolute Gasteiger partial charge is 0.191 e. The van der Waals surface area contributed by atoms with Gasteiger partial charge < -0.3 is 10.2 Å². The van der Waals surface area contributed by atoms with Crippen LogP contribution in [0.25, 0.3) is 0 Å². The Morgan fingerprint density at radius 3 is 2.70 bits per heavy atom. The first-order valence-corrected chi connectivity index (χ1v) is 8.96. The number of nitrogens with one attached hydrogen (secondary N) is 1. The fourth-order valence-electron chi connectivity index (χ4n) is 2.39. The Labute approximate surface area is 125 Å². The predicted molar refractivity (Wildman–Crippen MR) is 85.7 cm³/mol. The summed E-state index contributed by atoms with van der Waals surface area (Å²) in [5.74, 6) is 3.00. The van der Waals surface area contributed by atoms with E-state index in [1.54, 1.807) is 11.8 Å². The minimum absolute atomic E-state index is 0.722. The van der Waals surface area contributed by atoms with Crippen molar-refractivity contribution in [1.82, 2.24) is 9.97 Å². The Morgan fingerprint density at radius 2 is 2.10 bits per heavy atom. The number of hydrogen-bond donors (Lipinski definition) is 1. The second-order valence-corrected chi connectivity index (χ2v) is 6.63. The normalized spacial score (nSPS) is 18.1. The SMILES string of the molecule is CCCNc1cc(N(CC2CC2)C2CC2)nc(SC)n1. The van der Waals surface area contributed by atoms with E-state index in [1.807, 2.05) is 6.26 Å². The standard InChI is InChI=1S/C15H24N4S/c1-3-8-16-13-9-14(18-15(17-13)20-2)19(12-6-7-12)10-11-4-5-11/h9,11-12H,3-8,10H2,1-2H3,(H,16,17,18). The molecule has 1 aromatic rings. The third-order valence-electron chi connectivity index (χ3n) is 3.86. The van der Waals surface area contributed by atoms with Crippen molar-refractivity contribution in [3.05, 3.63) is 6.07 Å². The van der Waals surface area contributed by atoms with E-state index in [1.165, 1.54) is 32.2 Å². The van der Waals surface area contributed by atoms with Crippen molar-refractivity contribution in [2.75, 3.05) is 29.6 Å². The molecular weight excluding hydrogens is 268 g/mol. The highest BCUT2D eigenvalue weighted by atomic mass is 32.2. The van der Waals surface area contributed by atoms with E-state index in [0.717, 1.165) is 41.7 Å². The Balaban J connectivity index is 1.80. The summed E-state index contributed by atoms with van der Waals surface area (Å²) in [6, 6.07) is 2.86. The number of hydrogen-bond acceptors (Lipinski definition) is 5. The summed E-state index contributed by atoms with van der Waals surface area (Å²) < 4.78 is 0. The maximum atomic E-state index is 4.74. The molecular formula is C15H24N4S. The van der Waals surface area contributed by atoms with Crippen molar-refractivity contribution in [2.24, 2.45) is 5.92 Å². The molecule has 0 amide bonds. The minimum atomic E-state index is 0.722. The van der Waals surface area contributed by atoms with E-state index < -0.39 is 0 Å². The summed E-state index contributed by atoms with van der Waals surface area (Å²) in [5.41, 5.74) is 0. The first-order valence-electron chi connectivity index (χ1n) is 7.73. The van der Waals surface area contributed by atoms with Gasteiger partial charge in [-0.25, -0.2) is 9.97 Å². The topological polar surface area (TPSA) is 41.0 Å². The molecule has 2 aliphatic rings. The highest BCUT2D eigenvalue weighted by molar-refractivity contribution is 7.98. The molecule has 0 aromatic carbocycles. The van der Waals surface area contributed by atoms with Crippen LogP contribution in [-0.2, 0) is 0 Å². The van der Waals surface area contributed by atoms with Gasteiger partial charge in [0.1, 0.15) is 11.6 Å². The average Bonchev–Trinajstić information content (AvgIpc) is 3.35. The largest absolute Gasteiger partial charge is 0.370 e. The fraction of sp³-hybridized carbons (Fsp3) is 0.733. The third-order valence-corrected chi connectivity index (χ3v) is 4.41. The second kappa shape index (κ2) is 6.20. The summed E-state index contributed by atoms with van der Waals surface area (Å²) in [6.07, 6.45) is 8.59. The molecule has 1 aromatic heterocycles. The molecule has 1 N–H and O–H groups in total. The molecule has 2 saturated carbocycles. The second-order valence-electron chi connectivity index (χ2n) is 5.85. The van der Waals surface area contributed by atoms with Crippen LogP contribution in [0.1, 0.15) is 39.0 Å². The van der Waals surface area contributed by atoms with Crippen LogP contribution in [0.15, 0.2) is 11.2 Å². The van der Waals surface area contributed by atoms with E-state index in [2.05, 4.69) is 28.2 Å². The summed E-state index contributed by atoms with van der Waals surface area (Å²) in [7, 11) is 0. The highest BCUT2D eigenvalue weighted by Gasteiger charge is 2.34. The van der Waals surface area contributed by atoms with Crippen molar-refractivity contribution in [1.29, 1.82) is 0 Å². The van der Waals surface area contributed by atoms with E-state index in [-0.39, 0.29) is 0 Å². The first kappa shape index (κ1) is 14.0. The predicted octanol–water partition coefficient (Wildman–Crippen LogP) is 3.40. The van der Waals surface area contributed by atoms with Gasteiger partial charge in [0, 0.05) is 25.2 Å².